The van der Waals surface area contributed by atoms with Gasteiger partial charge in [0.25, 0.3) is 0 Å². The molecule has 76 valence electrons. The third-order valence-corrected chi connectivity index (χ3v) is 5.06. The van der Waals surface area contributed by atoms with Gasteiger partial charge in [-0.1, -0.05) is 6.42 Å². The van der Waals surface area contributed by atoms with Gasteiger partial charge in [-0.05, 0) is 26.2 Å². The van der Waals surface area contributed by atoms with E-state index in [9.17, 15) is 8.42 Å². The van der Waals surface area contributed by atoms with E-state index in [0.29, 0.717) is 17.5 Å². The highest BCUT2D eigenvalue weighted by molar-refractivity contribution is 7.91. The number of hydrogen-bond donors (Lipinski definition) is 1. The molecule has 4 heteroatoms. The van der Waals surface area contributed by atoms with E-state index in [0.717, 1.165) is 6.42 Å². The van der Waals surface area contributed by atoms with Crippen molar-refractivity contribution in [1.82, 2.24) is 5.32 Å². The predicted octanol–water partition coefficient (Wildman–Crippen LogP) is 0.706. The fraction of sp³-hybridized carbons (Fsp3) is 1.00. The second kappa shape index (κ2) is 2.95. The van der Waals surface area contributed by atoms with Crippen molar-refractivity contribution >= 4 is 9.84 Å². The average Bonchev–Trinajstić information content (AvgIpc) is 2.19. The van der Waals surface area contributed by atoms with Gasteiger partial charge >= 0.3 is 0 Å². The van der Waals surface area contributed by atoms with Gasteiger partial charge in [0.2, 0.25) is 0 Å². The van der Waals surface area contributed by atoms with E-state index in [1.54, 1.807) is 0 Å². The molecule has 0 spiro atoms. The maximum Gasteiger partial charge on any atom is 0.152 e. The fourth-order valence-electron chi connectivity index (χ4n) is 2.17. The van der Waals surface area contributed by atoms with Crippen molar-refractivity contribution < 1.29 is 8.42 Å². The van der Waals surface area contributed by atoms with E-state index in [4.69, 9.17) is 0 Å². The van der Waals surface area contributed by atoms with E-state index in [2.05, 4.69) is 5.32 Å². The van der Waals surface area contributed by atoms with E-state index in [1.165, 1.54) is 19.3 Å². The first-order valence-electron chi connectivity index (χ1n) is 4.97. The highest BCUT2D eigenvalue weighted by atomic mass is 32.2. The first kappa shape index (κ1) is 9.46. The standard InChI is InChI=1S/C9H17NO2S/c1-9(10-8-3-2-4-8)5-6-13(11,12)7-9/h8,10H,2-7H2,1H3. The van der Waals surface area contributed by atoms with Crippen LogP contribution in [0.15, 0.2) is 0 Å². The van der Waals surface area contributed by atoms with Gasteiger partial charge in [-0.25, -0.2) is 8.42 Å². The molecular weight excluding hydrogens is 186 g/mol. The molecule has 1 unspecified atom stereocenters. The molecule has 2 fully saturated rings. The molecule has 0 bridgehead atoms. The van der Waals surface area contributed by atoms with E-state index >= 15 is 0 Å². The van der Waals surface area contributed by atoms with Crippen molar-refractivity contribution in [3.8, 4) is 0 Å². The maximum atomic E-state index is 11.3. The summed E-state index contributed by atoms with van der Waals surface area (Å²) in [6.07, 6.45) is 4.51. The Labute approximate surface area is 79.8 Å². The Bertz CT molecular complexity index is 295. The fourth-order valence-corrected chi connectivity index (χ4v) is 4.27. The number of hydrogen-bond acceptors (Lipinski definition) is 3. The molecule has 1 aliphatic heterocycles. The smallest absolute Gasteiger partial charge is 0.152 e. The van der Waals surface area contributed by atoms with Crippen molar-refractivity contribution in [2.45, 2.75) is 44.2 Å². The molecule has 1 heterocycles. The molecule has 0 amide bonds. The second-order valence-corrected chi connectivity index (χ2v) is 6.86. The summed E-state index contributed by atoms with van der Waals surface area (Å²) in [7, 11) is -2.75. The SMILES string of the molecule is CC1(NC2CCC2)CCS(=O)(=O)C1. The molecule has 0 aromatic carbocycles. The molecule has 13 heavy (non-hydrogen) atoms. The van der Waals surface area contributed by atoms with Crippen molar-refractivity contribution in [2.24, 2.45) is 0 Å². The van der Waals surface area contributed by atoms with E-state index < -0.39 is 9.84 Å². The van der Waals surface area contributed by atoms with Crippen molar-refractivity contribution in [3.05, 3.63) is 0 Å². The lowest BCUT2D eigenvalue weighted by atomic mass is 9.89. The Morgan fingerprint density at radius 1 is 1.38 bits per heavy atom. The highest BCUT2D eigenvalue weighted by Crippen LogP contribution is 2.27. The molecule has 0 aromatic heterocycles. The summed E-state index contributed by atoms with van der Waals surface area (Å²) in [4.78, 5) is 0. The van der Waals surface area contributed by atoms with Gasteiger partial charge in [0.05, 0.1) is 11.5 Å². The van der Waals surface area contributed by atoms with Crippen molar-refractivity contribution in [2.75, 3.05) is 11.5 Å². The van der Waals surface area contributed by atoms with Gasteiger partial charge in [-0.2, -0.15) is 0 Å². The summed E-state index contributed by atoms with van der Waals surface area (Å²) >= 11 is 0. The molecule has 1 N–H and O–H groups in total. The van der Waals surface area contributed by atoms with Crippen LogP contribution in [0.5, 0.6) is 0 Å². The van der Waals surface area contributed by atoms with Gasteiger partial charge < -0.3 is 5.32 Å². The summed E-state index contributed by atoms with van der Waals surface area (Å²) in [6.45, 7) is 2.04. The van der Waals surface area contributed by atoms with Gasteiger partial charge in [-0.3, -0.25) is 0 Å². The summed E-state index contributed by atoms with van der Waals surface area (Å²) in [6, 6.07) is 0.582. The Morgan fingerprint density at radius 2 is 2.08 bits per heavy atom. The van der Waals surface area contributed by atoms with Gasteiger partial charge in [0, 0.05) is 11.6 Å². The van der Waals surface area contributed by atoms with Crippen molar-refractivity contribution in [1.29, 1.82) is 0 Å². The van der Waals surface area contributed by atoms with Gasteiger partial charge in [-0.15, -0.1) is 0 Å². The summed E-state index contributed by atoms with van der Waals surface area (Å²) in [5.41, 5.74) is -0.135. The van der Waals surface area contributed by atoms with Gasteiger partial charge in [0.15, 0.2) is 9.84 Å². The van der Waals surface area contributed by atoms with Crippen molar-refractivity contribution in [3.63, 3.8) is 0 Å². The Kier molecular flexibility index (Phi) is 2.15. The minimum absolute atomic E-state index is 0.135. The van der Waals surface area contributed by atoms with Crippen LogP contribution in [0.4, 0.5) is 0 Å². The highest BCUT2D eigenvalue weighted by Gasteiger charge is 2.40. The molecule has 0 aromatic rings. The first-order valence-corrected chi connectivity index (χ1v) is 6.79. The third kappa shape index (κ3) is 2.05. The molecule has 2 aliphatic rings. The molecule has 1 saturated carbocycles. The zero-order valence-corrected chi connectivity index (χ0v) is 8.86. The zero-order valence-electron chi connectivity index (χ0n) is 8.04. The number of rotatable bonds is 2. The molecule has 1 aliphatic carbocycles. The van der Waals surface area contributed by atoms with Crippen LogP contribution in [0, 0.1) is 0 Å². The first-order chi connectivity index (χ1) is 5.99. The third-order valence-electron chi connectivity index (χ3n) is 3.16. The molecule has 2 rings (SSSR count). The van der Waals surface area contributed by atoms with Crippen LogP contribution in [0.1, 0.15) is 32.6 Å². The minimum Gasteiger partial charge on any atom is -0.308 e. The largest absolute Gasteiger partial charge is 0.308 e. The lowest BCUT2D eigenvalue weighted by Crippen LogP contribution is -2.51. The molecule has 1 saturated heterocycles. The summed E-state index contributed by atoms with van der Waals surface area (Å²) < 4.78 is 22.6. The predicted molar refractivity (Wildman–Crippen MR) is 52.5 cm³/mol. The maximum absolute atomic E-state index is 11.3. The monoisotopic (exact) mass is 203 g/mol. The normalized spacial score (nSPS) is 38.8. The molecule has 0 radical (unpaired) electrons. The molecular formula is C9H17NO2S. The van der Waals surface area contributed by atoms with Crippen LogP contribution in [-0.2, 0) is 9.84 Å². The summed E-state index contributed by atoms with van der Waals surface area (Å²) in [5.74, 6) is 0.694. The molecule has 1 atom stereocenters. The Morgan fingerprint density at radius 3 is 2.46 bits per heavy atom. The lowest BCUT2D eigenvalue weighted by Gasteiger charge is -2.35. The Balaban J connectivity index is 1.97. The topological polar surface area (TPSA) is 46.2 Å². The van der Waals surface area contributed by atoms with Crippen LogP contribution in [0.3, 0.4) is 0 Å². The second-order valence-electron chi connectivity index (χ2n) is 4.67. The van der Waals surface area contributed by atoms with E-state index in [1.807, 2.05) is 6.92 Å². The van der Waals surface area contributed by atoms with Crippen LogP contribution in [-0.4, -0.2) is 31.5 Å². The number of nitrogens with one attached hydrogen (secondary N) is 1. The quantitative estimate of drug-likeness (QED) is 0.719. The van der Waals surface area contributed by atoms with Crippen LogP contribution in [0.25, 0.3) is 0 Å². The van der Waals surface area contributed by atoms with Gasteiger partial charge in [0.1, 0.15) is 0 Å². The lowest BCUT2D eigenvalue weighted by molar-refractivity contribution is 0.256. The summed E-state index contributed by atoms with van der Waals surface area (Å²) in [5, 5.41) is 3.47. The molecule has 3 nitrogen and oxygen atoms in total. The number of sulfone groups is 1. The zero-order chi connectivity index (χ0) is 9.53. The van der Waals surface area contributed by atoms with Crippen LogP contribution < -0.4 is 5.32 Å². The van der Waals surface area contributed by atoms with Crippen LogP contribution in [0.2, 0.25) is 0 Å². The Hall–Kier alpha value is -0.0900. The average molecular weight is 203 g/mol. The van der Waals surface area contributed by atoms with Crippen LogP contribution >= 0.6 is 0 Å². The van der Waals surface area contributed by atoms with E-state index in [-0.39, 0.29) is 5.54 Å². The minimum atomic E-state index is -2.75.